The van der Waals surface area contributed by atoms with Gasteiger partial charge in [-0.1, -0.05) is 6.92 Å². The van der Waals surface area contributed by atoms with Crippen molar-refractivity contribution in [3.63, 3.8) is 0 Å². The fourth-order valence-corrected chi connectivity index (χ4v) is 1.50. The number of anilines is 1. The minimum Gasteiger partial charge on any atom is -0.357 e. The topological polar surface area (TPSA) is 75.0 Å². The van der Waals surface area contributed by atoms with Crippen LogP contribution in [0.2, 0.25) is 0 Å². The molecule has 0 amide bonds. The van der Waals surface area contributed by atoms with Crippen molar-refractivity contribution in [1.29, 1.82) is 0 Å². The van der Waals surface area contributed by atoms with Crippen LogP contribution in [0.15, 0.2) is 10.9 Å². The molecular formula is C11H20N4O. The second-order valence-electron chi connectivity index (χ2n) is 3.94. The molecule has 0 aromatic carbocycles. The number of aromatic amines is 1. The van der Waals surface area contributed by atoms with Crippen molar-refractivity contribution >= 4 is 5.82 Å². The van der Waals surface area contributed by atoms with Crippen LogP contribution in [0.25, 0.3) is 0 Å². The molecular weight excluding hydrogens is 204 g/mol. The molecule has 1 rings (SSSR count). The molecule has 0 bridgehead atoms. The smallest absolute Gasteiger partial charge is 0.252 e. The van der Waals surface area contributed by atoms with E-state index in [0.717, 1.165) is 12.8 Å². The Bertz CT molecular complexity index is 388. The largest absolute Gasteiger partial charge is 0.357 e. The van der Waals surface area contributed by atoms with Crippen LogP contribution in [0.5, 0.6) is 0 Å². The van der Waals surface area contributed by atoms with E-state index in [1.165, 1.54) is 6.07 Å². The van der Waals surface area contributed by atoms with E-state index in [-0.39, 0.29) is 11.6 Å². The zero-order valence-corrected chi connectivity index (χ0v) is 10.2. The molecule has 0 aliphatic rings. The molecule has 0 radical (unpaired) electrons. The summed E-state index contributed by atoms with van der Waals surface area (Å²) in [6.07, 6.45) is 1.61. The minimum atomic E-state index is -0.103. The van der Waals surface area contributed by atoms with Crippen LogP contribution in [-0.2, 0) is 6.42 Å². The summed E-state index contributed by atoms with van der Waals surface area (Å²) in [4.78, 5) is 20.5. The van der Waals surface area contributed by atoms with Crippen LogP contribution in [0.4, 0.5) is 5.82 Å². The van der Waals surface area contributed by atoms with Crippen LogP contribution in [0.1, 0.15) is 26.1 Å². The first-order valence-electron chi connectivity index (χ1n) is 5.61. The molecule has 5 nitrogen and oxygen atoms in total. The van der Waals surface area contributed by atoms with Gasteiger partial charge in [-0.05, 0) is 19.9 Å². The van der Waals surface area contributed by atoms with Gasteiger partial charge in [-0.15, -0.1) is 0 Å². The highest BCUT2D eigenvalue weighted by molar-refractivity contribution is 5.37. The minimum absolute atomic E-state index is 0.103. The Morgan fingerprint density at radius 1 is 1.62 bits per heavy atom. The molecule has 0 fully saturated rings. The predicted molar refractivity (Wildman–Crippen MR) is 65.8 cm³/mol. The maximum Gasteiger partial charge on any atom is 0.252 e. The van der Waals surface area contributed by atoms with Crippen molar-refractivity contribution in [2.45, 2.75) is 32.7 Å². The number of aromatic nitrogens is 2. The van der Waals surface area contributed by atoms with Gasteiger partial charge in [0, 0.05) is 25.6 Å². The first-order chi connectivity index (χ1) is 7.58. The average Bonchev–Trinajstić information content (AvgIpc) is 2.27. The van der Waals surface area contributed by atoms with Crippen LogP contribution in [0, 0.1) is 0 Å². The van der Waals surface area contributed by atoms with Gasteiger partial charge in [0.2, 0.25) is 0 Å². The van der Waals surface area contributed by atoms with Gasteiger partial charge in [0.05, 0.1) is 0 Å². The number of H-pyrrole nitrogens is 1. The number of hydrogen-bond donors (Lipinski definition) is 2. The highest BCUT2D eigenvalue weighted by atomic mass is 16.1. The summed E-state index contributed by atoms with van der Waals surface area (Å²) >= 11 is 0. The van der Waals surface area contributed by atoms with Crippen molar-refractivity contribution in [3.05, 3.63) is 22.2 Å². The molecule has 1 heterocycles. The summed E-state index contributed by atoms with van der Waals surface area (Å²) in [6.45, 7) is 4.67. The van der Waals surface area contributed by atoms with Crippen molar-refractivity contribution < 1.29 is 0 Å². The average molecular weight is 224 g/mol. The molecule has 5 heteroatoms. The van der Waals surface area contributed by atoms with E-state index in [0.29, 0.717) is 18.2 Å². The van der Waals surface area contributed by atoms with Crippen molar-refractivity contribution in [1.82, 2.24) is 9.97 Å². The van der Waals surface area contributed by atoms with Gasteiger partial charge in [-0.2, -0.15) is 0 Å². The normalized spacial score (nSPS) is 12.5. The van der Waals surface area contributed by atoms with Gasteiger partial charge in [0.15, 0.2) is 0 Å². The van der Waals surface area contributed by atoms with Crippen LogP contribution in [0.3, 0.4) is 0 Å². The SMILES string of the molecule is CCc1nc(N(C)C(C)CCN)cc(=O)[nH]1. The molecule has 0 saturated carbocycles. The van der Waals surface area contributed by atoms with Gasteiger partial charge in [-0.3, -0.25) is 4.79 Å². The summed E-state index contributed by atoms with van der Waals surface area (Å²) in [6, 6.07) is 1.80. The third kappa shape index (κ3) is 3.06. The zero-order valence-electron chi connectivity index (χ0n) is 10.2. The van der Waals surface area contributed by atoms with Gasteiger partial charge in [0.1, 0.15) is 11.6 Å². The Kier molecular flexibility index (Phi) is 4.49. The number of nitrogens with two attached hydrogens (primary N) is 1. The van der Waals surface area contributed by atoms with Crippen LogP contribution >= 0.6 is 0 Å². The van der Waals surface area contributed by atoms with Gasteiger partial charge < -0.3 is 15.6 Å². The quantitative estimate of drug-likeness (QED) is 0.764. The molecule has 0 spiro atoms. The predicted octanol–water partition coefficient (Wildman–Crippen LogP) is 0.506. The fourth-order valence-electron chi connectivity index (χ4n) is 1.50. The van der Waals surface area contributed by atoms with Crippen molar-refractivity contribution in [2.75, 3.05) is 18.5 Å². The van der Waals surface area contributed by atoms with E-state index < -0.39 is 0 Å². The highest BCUT2D eigenvalue weighted by Crippen LogP contribution is 2.11. The molecule has 0 saturated heterocycles. The Labute approximate surface area is 95.7 Å². The molecule has 1 atom stereocenters. The number of nitrogens with zero attached hydrogens (tertiary/aromatic N) is 2. The van der Waals surface area contributed by atoms with Gasteiger partial charge in [-0.25, -0.2) is 4.98 Å². The first kappa shape index (κ1) is 12.7. The molecule has 3 N–H and O–H groups in total. The van der Waals surface area contributed by atoms with E-state index in [1.54, 1.807) is 0 Å². The number of rotatable bonds is 5. The summed E-state index contributed by atoms with van der Waals surface area (Å²) in [5.74, 6) is 1.43. The van der Waals surface area contributed by atoms with Gasteiger partial charge >= 0.3 is 0 Å². The third-order valence-corrected chi connectivity index (χ3v) is 2.72. The Morgan fingerprint density at radius 2 is 2.31 bits per heavy atom. The molecule has 16 heavy (non-hydrogen) atoms. The second kappa shape index (κ2) is 5.65. The monoisotopic (exact) mass is 224 g/mol. The molecule has 0 aliphatic carbocycles. The van der Waals surface area contributed by atoms with E-state index in [9.17, 15) is 4.79 Å². The van der Waals surface area contributed by atoms with E-state index >= 15 is 0 Å². The first-order valence-corrected chi connectivity index (χ1v) is 5.61. The summed E-state index contributed by atoms with van der Waals surface area (Å²) in [5, 5.41) is 0. The molecule has 90 valence electrons. The lowest BCUT2D eigenvalue weighted by molar-refractivity contribution is 0.627. The third-order valence-electron chi connectivity index (χ3n) is 2.72. The van der Waals surface area contributed by atoms with Gasteiger partial charge in [0.25, 0.3) is 5.56 Å². The lowest BCUT2D eigenvalue weighted by atomic mass is 10.2. The maximum absolute atomic E-state index is 11.4. The lowest BCUT2D eigenvalue weighted by Crippen LogP contribution is -2.32. The molecule has 0 aliphatic heterocycles. The number of hydrogen-bond acceptors (Lipinski definition) is 4. The summed E-state index contributed by atoms with van der Waals surface area (Å²) in [5.41, 5.74) is 5.41. The van der Waals surface area contributed by atoms with E-state index in [2.05, 4.69) is 16.9 Å². The molecule has 1 aromatic heterocycles. The molecule has 1 aromatic rings. The van der Waals surface area contributed by atoms with Crippen molar-refractivity contribution in [3.8, 4) is 0 Å². The summed E-state index contributed by atoms with van der Waals surface area (Å²) < 4.78 is 0. The standard InChI is InChI=1S/C11H20N4O/c1-4-9-13-10(7-11(16)14-9)15(3)8(2)5-6-12/h7-8H,4-6,12H2,1-3H3,(H,13,14,16). The fraction of sp³-hybridized carbons (Fsp3) is 0.636. The van der Waals surface area contributed by atoms with E-state index in [4.69, 9.17) is 5.73 Å². The Hall–Kier alpha value is -1.36. The number of nitrogens with one attached hydrogen (secondary N) is 1. The zero-order chi connectivity index (χ0) is 12.1. The Balaban J connectivity index is 2.94. The van der Waals surface area contributed by atoms with Crippen LogP contribution < -0.4 is 16.2 Å². The summed E-state index contributed by atoms with van der Waals surface area (Å²) in [7, 11) is 1.93. The number of aryl methyl sites for hydroxylation is 1. The van der Waals surface area contributed by atoms with Crippen molar-refractivity contribution in [2.24, 2.45) is 5.73 Å². The van der Waals surface area contributed by atoms with E-state index in [1.807, 2.05) is 18.9 Å². The molecule has 1 unspecified atom stereocenters. The lowest BCUT2D eigenvalue weighted by Gasteiger charge is -2.25. The Morgan fingerprint density at radius 3 is 2.88 bits per heavy atom. The van der Waals surface area contributed by atoms with Crippen LogP contribution in [-0.4, -0.2) is 29.6 Å². The highest BCUT2D eigenvalue weighted by Gasteiger charge is 2.11. The second-order valence-corrected chi connectivity index (χ2v) is 3.94. The maximum atomic E-state index is 11.4.